The van der Waals surface area contributed by atoms with Crippen LogP contribution in [0.15, 0.2) is 35.8 Å². The van der Waals surface area contributed by atoms with Crippen molar-refractivity contribution in [1.82, 2.24) is 15.0 Å². The summed E-state index contributed by atoms with van der Waals surface area (Å²) in [7, 11) is 0. The molecule has 0 bridgehead atoms. The third kappa shape index (κ3) is 3.55. The molecular formula is C20H22N4OS. The summed E-state index contributed by atoms with van der Waals surface area (Å²) in [6.07, 6.45) is 7.69. The molecule has 1 fully saturated rings. The molecule has 1 aliphatic carbocycles. The molecule has 1 amide bonds. The van der Waals surface area contributed by atoms with Crippen LogP contribution in [0.5, 0.6) is 0 Å². The van der Waals surface area contributed by atoms with E-state index in [2.05, 4.69) is 34.3 Å². The first-order valence-corrected chi connectivity index (χ1v) is 9.96. The van der Waals surface area contributed by atoms with Gasteiger partial charge in [-0.3, -0.25) is 10.1 Å². The van der Waals surface area contributed by atoms with Crippen molar-refractivity contribution in [3.05, 3.63) is 52.9 Å². The molecule has 2 heterocycles. The third-order valence-corrected chi connectivity index (χ3v) is 5.61. The Morgan fingerprint density at radius 2 is 1.96 bits per heavy atom. The molecule has 1 aromatic carbocycles. The van der Waals surface area contributed by atoms with Gasteiger partial charge in [0.2, 0.25) is 0 Å². The summed E-state index contributed by atoms with van der Waals surface area (Å²) in [5.41, 5.74) is 3.41. The van der Waals surface area contributed by atoms with Gasteiger partial charge in [-0.05, 0) is 19.8 Å². The Kier molecular flexibility index (Phi) is 4.84. The van der Waals surface area contributed by atoms with E-state index in [1.54, 1.807) is 6.20 Å². The van der Waals surface area contributed by atoms with Crippen LogP contribution in [0.4, 0.5) is 5.13 Å². The fraction of sp³-hybridized carbons (Fsp3) is 0.350. The summed E-state index contributed by atoms with van der Waals surface area (Å²) in [5.74, 6) is 1.13. The van der Waals surface area contributed by atoms with E-state index < -0.39 is 0 Å². The summed E-state index contributed by atoms with van der Waals surface area (Å²) in [6, 6.07) is 8.18. The van der Waals surface area contributed by atoms with Gasteiger partial charge in [-0.1, -0.05) is 49.1 Å². The first kappa shape index (κ1) is 17.0. The van der Waals surface area contributed by atoms with E-state index in [1.807, 2.05) is 17.5 Å². The molecule has 0 radical (unpaired) electrons. The lowest BCUT2D eigenvalue weighted by atomic mass is 9.89. The number of hydrogen-bond acceptors (Lipinski definition) is 4. The SMILES string of the molecule is Cc1ccc(-c2[nH]c(C3CCCCC3)nc2C(=O)Nc2nccs2)cc1. The van der Waals surface area contributed by atoms with Crippen molar-refractivity contribution in [3.63, 3.8) is 0 Å². The van der Waals surface area contributed by atoms with E-state index in [0.29, 0.717) is 16.7 Å². The minimum atomic E-state index is -0.214. The Morgan fingerprint density at radius 3 is 2.65 bits per heavy atom. The van der Waals surface area contributed by atoms with Crippen molar-refractivity contribution in [2.24, 2.45) is 0 Å². The van der Waals surface area contributed by atoms with Crippen molar-refractivity contribution < 1.29 is 4.79 Å². The number of aromatic nitrogens is 3. The summed E-state index contributed by atoms with van der Waals surface area (Å²) in [6.45, 7) is 2.06. The van der Waals surface area contributed by atoms with Gasteiger partial charge in [0, 0.05) is 23.1 Å². The number of rotatable bonds is 4. The summed E-state index contributed by atoms with van der Waals surface area (Å²) in [4.78, 5) is 25.2. The van der Waals surface area contributed by atoms with E-state index in [4.69, 9.17) is 4.98 Å². The highest BCUT2D eigenvalue weighted by Crippen LogP contribution is 2.33. The van der Waals surface area contributed by atoms with Crippen molar-refractivity contribution in [1.29, 1.82) is 0 Å². The Balaban J connectivity index is 1.70. The van der Waals surface area contributed by atoms with Crippen molar-refractivity contribution in [2.45, 2.75) is 44.9 Å². The summed E-state index contributed by atoms with van der Waals surface area (Å²) >= 11 is 1.40. The smallest absolute Gasteiger partial charge is 0.278 e. The average molecular weight is 366 g/mol. The van der Waals surface area contributed by atoms with Crippen molar-refractivity contribution in [3.8, 4) is 11.3 Å². The number of benzene rings is 1. The highest BCUT2D eigenvalue weighted by Gasteiger charge is 2.24. The molecule has 0 unspecified atom stereocenters. The quantitative estimate of drug-likeness (QED) is 0.671. The molecule has 134 valence electrons. The summed E-state index contributed by atoms with van der Waals surface area (Å²) < 4.78 is 0. The molecule has 0 aliphatic heterocycles. The van der Waals surface area contributed by atoms with Gasteiger partial charge in [0.25, 0.3) is 5.91 Å². The zero-order valence-corrected chi connectivity index (χ0v) is 15.6. The lowest BCUT2D eigenvalue weighted by Gasteiger charge is -2.19. The van der Waals surface area contributed by atoms with Crippen LogP contribution >= 0.6 is 11.3 Å². The zero-order valence-electron chi connectivity index (χ0n) is 14.8. The van der Waals surface area contributed by atoms with E-state index in [0.717, 1.165) is 29.9 Å². The van der Waals surface area contributed by atoms with Crippen LogP contribution in [-0.4, -0.2) is 20.9 Å². The molecule has 26 heavy (non-hydrogen) atoms. The number of carbonyl (C=O) groups is 1. The minimum absolute atomic E-state index is 0.214. The Morgan fingerprint density at radius 1 is 1.19 bits per heavy atom. The fourth-order valence-corrected chi connectivity index (χ4v) is 4.02. The van der Waals surface area contributed by atoms with Crippen LogP contribution in [0.2, 0.25) is 0 Å². The third-order valence-electron chi connectivity index (χ3n) is 4.92. The first-order valence-electron chi connectivity index (χ1n) is 9.08. The molecule has 1 saturated carbocycles. The van der Waals surface area contributed by atoms with Crippen LogP contribution < -0.4 is 5.32 Å². The second-order valence-corrected chi connectivity index (χ2v) is 7.73. The van der Waals surface area contributed by atoms with Gasteiger partial charge < -0.3 is 4.98 Å². The number of hydrogen-bond donors (Lipinski definition) is 2. The topological polar surface area (TPSA) is 70.7 Å². The number of thiazole rings is 1. The molecule has 3 aromatic rings. The number of amides is 1. The van der Waals surface area contributed by atoms with Crippen LogP contribution in [0.3, 0.4) is 0 Å². The lowest BCUT2D eigenvalue weighted by molar-refractivity contribution is 0.102. The maximum absolute atomic E-state index is 12.8. The van der Waals surface area contributed by atoms with Crippen LogP contribution in [-0.2, 0) is 0 Å². The number of anilines is 1. The number of aromatic amines is 1. The largest absolute Gasteiger partial charge is 0.341 e. The Bertz CT molecular complexity index is 877. The molecule has 5 nitrogen and oxygen atoms in total. The predicted octanol–water partition coefficient (Wildman–Crippen LogP) is 5.14. The first-order chi connectivity index (χ1) is 12.7. The average Bonchev–Trinajstić information content (AvgIpc) is 3.33. The maximum atomic E-state index is 12.8. The molecule has 6 heteroatoms. The van der Waals surface area contributed by atoms with Gasteiger partial charge in [0.15, 0.2) is 10.8 Å². The molecular weight excluding hydrogens is 344 g/mol. The van der Waals surface area contributed by atoms with Gasteiger partial charge in [-0.15, -0.1) is 11.3 Å². The van der Waals surface area contributed by atoms with E-state index in [-0.39, 0.29) is 5.91 Å². The Hall–Kier alpha value is -2.47. The number of imidazole rings is 1. The molecule has 1 aliphatic rings. The molecule has 2 N–H and O–H groups in total. The van der Waals surface area contributed by atoms with E-state index >= 15 is 0 Å². The normalized spacial score (nSPS) is 15.1. The molecule has 0 atom stereocenters. The van der Waals surface area contributed by atoms with Crippen molar-refractivity contribution >= 4 is 22.4 Å². The lowest BCUT2D eigenvalue weighted by Crippen LogP contribution is -2.14. The van der Waals surface area contributed by atoms with Gasteiger partial charge in [-0.2, -0.15) is 0 Å². The number of H-pyrrole nitrogens is 1. The minimum Gasteiger partial charge on any atom is -0.341 e. The van der Waals surface area contributed by atoms with Gasteiger partial charge in [-0.25, -0.2) is 9.97 Å². The molecule has 2 aromatic heterocycles. The second kappa shape index (κ2) is 7.41. The van der Waals surface area contributed by atoms with E-state index in [9.17, 15) is 4.79 Å². The van der Waals surface area contributed by atoms with Gasteiger partial charge in [0.05, 0.1) is 5.69 Å². The van der Waals surface area contributed by atoms with Gasteiger partial charge in [0.1, 0.15) is 5.82 Å². The molecule has 0 saturated heterocycles. The number of carbonyl (C=O) groups excluding carboxylic acids is 1. The number of nitrogens with one attached hydrogen (secondary N) is 2. The van der Waals surface area contributed by atoms with Crippen LogP contribution in [0, 0.1) is 6.92 Å². The highest BCUT2D eigenvalue weighted by atomic mass is 32.1. The van der Waals surface area contributed by atoms with Gasteiger partial charge >= 0.3 is 0 Å². The van der Waals surface area contributed by atoms with Crippen LogP contribution in [0.25, 0.3) is 11.3 Å². The summed E-state index contributed by atoms with van der Waals surface area (Å²) in [5, 5.41) is 5.29. The van der Waals surface area contributed by atoms with Crippen molar-refractivity contribution in [2.75, 3.05) is 5.32 Å². The zero-order chi connectivity index (χ0) is 17.9. The Labute approximate surface area is 156 Å². The highest BCUT2D eigenvalue weighted by molar-refractivity contribution is 7.13. The number of aryl methyl sites for hydroxylation is 1. The fourth-order valence-electron chi connectivity index (χ4n) is 3.50. The maximum Gasteiger partial charge on any atom is 0.278 e. The van der Waals surface area contributed by atoms with E-state index in [1.165, 1.54) is 36.2 Å². The standard InChI is InChI=1S/C20H22N4OS/c1-13-7-9-14(10-8-13)16-17(19(25)24-20-21-11-12-26-20)23-18(22-16)15-5-3-2-4-6-15/h7-12,15H,2-6H2,1H3,(H,22,23)(H,21,24,25). The number of nitrogens with zero attached hydrogens (tertiary/aromatic N) is 2. The second-order valence-electron chi connectivity index (χ2n) is 6.84. The monoisotopic (exact) mass is 366 g/mol. The molecule has 0 spiro atoms. The predicted molar refractivity (Wildman–Crippen MR) is 105 cm³/mol. The molecule has 4 rings (SSSR count). The van der Waals surface area contributed by atoms with Crippen LogP contribution in [0.1, 0.15) is 59.9 Å².